The van der Waals surface area contributed by atoms with Crippen LogP contribution in [0.15, 0.2) is 5.16 Å². The molecule has 1 rings (SSSR count). The van der Waals surface area contributed by atoms with Crippen molar-refractivity contribution in [2.24, 2.45) is 10.9 Å². The normalized spacial score (nSPS) is 20.6. The molecule has 0 aromatic rings. The van der Waals surface area contributed by atoms with Crippen LogP contribution in [-0.2, 0) is 4.74 Å². The van der Waals surface area contributed by atoms with Gasteiger partial charge in [0.1, 0.15) is 0 Å². The van der Waals surface area contributed by atoms with Crippen LogP contribution in [-0.4, -0.2) is 72.8 Å². The van der Waals surface area contributed by atoms with E-state index in [2.05, 4.69) is 28.8 Å². The molecule has 19 heavy (non-hydrogen) atoms. The maximum Gasteiger partial charge on any atom is 0.156 e. The Morgan fingerprint density at radius 1 is 1.26 bits per heavy atom. The first-order chi connectivity index (χ1) is 9.22. The predicted octanol–water partition coefficient (Wildman–Crippen LogP) is 0.556. The molecule has 0 radical (unpaired) electrons. The molecule has 6 heteroatoms. The highest BCUT2D eigenvalue weighted by Crippen LogP contribution is 2.09. The van der Waals surface area contributed by atoms with Gasteiger partial charge in [-0.1, -0.05) is 19.0 Å². The number of rotatable bonds is 8. The van der Waals surface area contributed by atoms with E-state index in [-0.39, 0.29) is 6.04 Å². The molecule has 1 heterocycles. The van der Waals surface area contributed by atoms with Crippen molar-refractivity contribution in [2.45, 2.75) is 32.7 Å². The largest absolute Gasteiger partial charge is 0.409 e. The van der Waals surface area contributed by atoms with E-state index in [0.29, 0.717) is 5.84 Å². The van der Waals surface area contributed by atoms with Crippen LogP contribution in [0.4, 0.5) is 0 Å². The molecule has 1 aliphatic rings. The fourth-order valence-electron chi connectivity index (χ4n) is 2.46. The summed E-state index contributed by atoms with van der Waals surface area (Å²) in [5, 5.41) is 11.9. The number of piperazine rings is 1. The van der Waals surface area contributed by atoms with Crippen molar-refractivity contribution in [3.05, 3.63) is 0 Å². The molecule has 1 atom stereocenters. The summed E-state index contributed by atoms with van der Waals surface area (Å²) >= 11 is 0. The van der Waals surface area contributed by atoms with Crippen molar-refractivity contribution in [3.63, 3.8) is 0 Å². The van der Waals surface area contributed by atoms with E-state index in [1.54, 1.807) is 0 Å². The maximum absolute atomic E-state index is 8.79. The summed E-state index contributed by atoms with van der Waals surface area (Å²) in [4.78, 5) is 4.70. The first-order valence-corrected chi connectivity index (χ1v) is 7.24. The molecule has 0 aromatic heterocycles. The van der Waals surface area contributed by atoms with Gasteiger partial charge in [-0.25, -0.2) is 0 Å². The van der Waals surface area contributed by atoms with E-state index in [9.17, 15) is 0 Å². The molecule has 0 bridgehead atoms. The molecular formula is C13H28N4O2. The Hall–Kier alpha value is -0.850. The molecule has 0 aliphatic carbocycles. The van der Waals surface area contributed by atoms with Crippen molar-refractivity contribution in [1.82, 2.24) is 9.80 Å². The molecule has 6 nitrogen and oxygen atoms in total. The zero-order valence-electron chi connectivity index (χ0n) is 12.2. The van der Waals surface area contributed by atoms with E-state index in [0.717, 1.165) is 58.8 Å². The van der Waals surface area contributed by atoms with E-state index in [1.807, 2.05) is 0 Å². The van der Waals surface area contributed by atoms with Crippen molar-refractivity contribution in [3.8, 4) is 0 Å². The molecular weight excluding hydrogens is 244 g/mol. The lowest BCUT2D eigenvalue weighted by molar-refractivity contribution is 0.0693. The molecule has 1 saturated heterocycles. The SMILES string of the molecule is CCCOCCN1CCN(C(CC)C(N)=NO)CC1. The molecule has 0 amide bonds. The van der Waals surface area contributed by atoms with Crippen LogP contribution in [0, 0.1) is 0 Å². The fraction of sp³-hybridized carbons (Fsp3) is 0.923. The highest BCUT2D eigenvalue weighted by Gasteiger charge is 2.25. The minimum atomic E-state index is 0.0588. The van der Waals surface area contributed by atoms with Crippen molar-refractivity contribution < 1.29 is 9.94 Å². The number of hydrogen-bond donors (Lipinski definition) is 2. The summed E-state index contributed by atoms with van der Waals surface area (Å²) < 4.78 is 5.51. The van der Waals surface area contributed by atoms with Crippen LogP contribution in [0.25, 0.3) is 0 Å². The van der Waals surface area contributed by atoms with Gasteiger partial charge in [-0.05, 0) is 12.8 Å². The third kappa shape index (κ3) is 5.34. The summed E-state index contributed by atoms with van der Waals surface area (Å²) in [6.45, 7) is 10.8. The molecule has 1 fully saturated rings. The number of ether oxygens (including phenoxy) is 1. The third-order valence-electron chi connectivity index (χ3n) is 3.59. The molecule has 112 valence electrons. The first kappa shape index (κ1) is 16.2. The van der Waals surface area contributed by atoms with Crippen LogP contribution in [0.1, 0.15) is 26.7 Å². The first-order valence-electron chi connectivity index (χ1n) is 7.24. The van der Waals surface area contributed by atoms with Gasteiger partial charge < -0.3 is 15.7 Å². The van der Waals surface area contributed by atoms with Crippen LogP contribution in [0.5, 0.6) is 0 Å². The average Bonchev–Trinajstić information content (AvgIpc) is 2.45. The highest BCUT2D eigenvalue weighted by atomic mass is 16.5. The van der Waals surface area contributed by atoms with E-state index < -0.39 is 0 Å². The van der Waals surface area contributed by atoms with Gasteiger partial charge in [0.25, 0.3) is 0 Å². The fourth-order valence-corrected chi connectivity index (χ4v) is 2.46. The third-order valence-corrected chi connectivity index (χ3v) is 3.59. The maximum atomic E-state index is 8.79. The van der Waals surface area contributed by atoms with Gasteiger partial charge in [0.2, 0.25) is 0 Å². The lowest BCUT2D eigenvalue weighted by Gasteiger charge is -2.38. The monoisotopic (exact) mass is 272 g/mol. The van der Waals surface area contributed by atoms with Crippen molar-refractivity contribution in [2.75, 3.05) is 45.9 Å². The number of hydrogen-bond acceptors (Lipinski definition) is 5. The number of nitrogens with zero attached hydrogens (tertiary/aromatic N) is 3. The van der Waals surface area contributed by atoms with Gasteiger partial charge in [0.15, 0.2) is 5.84 Å². The minimum Gasteiger partial charge on any atom is -0.409 e. The topological polar surface area (TPSA) is 74.3 Å². The van der Waals surface area contributed by atoms with E-state index in [1.165, 1.54) is 0 Å². The van der Waals surface area contributed by atoms with Crippen molar-refractivity contribution in [1.29, 1.82) is 0 Å². The lowest BCUT2D eigenvalue weighted by Crippen LogP contribution is -2.54. The summed E-state index contributed by atoms with van der Waals surface area (Å²) in [6, 6.07) is 0.0588. The zero-order valence-corrected chi connectivity index (χ0v) is 12.2. The van der Waals surface area contributed by atoms with Gasteiger partial charge in [0.05, 0.1) is 12.6 Å². The Bertz CT molecular complexity index is 265. The highest BCUT2D eigenvalue weighted by molar-refractivity contribution is 5.85. The van der Waals surface area contributed by atoms with Crippen molar-refractivity contribution >= 4 is 5.84 Å². The van der Waals surface area contributed by atoms with Gasteiger partial charge in [0, 0.05) is 39.3 Å². The Balaban J connectivity index is 2.27. The number of amidine groups is 1. The Kier molecular flexibility index (Phi) is 7.78. The van der Waals surface area contributed by atoms with Crippen LogP contribution >= 0.6 is 0 Å². The second-order valence-corrected chi connectivity index (χ2v) is 4.94. The smallest absolute Gasteiger partial charge is 0.156 e. The molecule has 1 aliphatic heterocycles. The lowest BCUT2D eigenvalue weighted by atomic mass is 10.1. The molecule has 0 saturated carbocycles. The van der Waals surface area contributed by atoms with E-state index >= 15 is 0 Å². The Morgan fingerprint density at radius 2 is 1.95 bits per heavy atom. The summed E-state index contributed by atoms with van der Waals surface area (Å²) in [6.07, 6.45) is 1.95. The number of nitrogens with two attached hydrogens (primary N) is 1. The Labute approximate surface area is 116 Å². The average molecular weight is 272 g/mol. The molecule has 0 aromatic carbocycles. The number of oxime groups is 1. The Morgan fingerprint density at radius 3 is 2.47 bits per heavy atom. The van der Waals surface area contributed by atoms with Gasteiger partial charge >= 0.3 is 0 Å². The standard InChI is InChI=1S/C13H28N4O2/c1-3-10-19-11-9-16-5-7-17(8-6-16)12(4-2)13(14)15-18/h12,18H,3-11H2,1-2H3,(H2,14,15). The van der Waals surface area contributed by atoms with Crippen LogP contribution in [0.3, 0.4) is 0 Å². The molecule has 3 N–H and O–H groups in total. The van der Waals surface area contributed by atoms with Gasteiger partial charge in [-0.3, -0.25) is 9.80 Å². The summed E-state index contributed by atoms with van der Waals surface area (Å²) in [7, 11) is 0. The minimum absolute atomic E-state index is 0.0588. The van der Waals surface area contributed by atoms with Gasteiger partial charge in [-0.2, -0.15) is 0 Å². The second kappa shape index (κ2) is 9.12. The zero-order chi connectivity index (χ0) is 14.1. The quantitative estimate of drug-likeness (QED) is 0.222. The summed E-state index contributed by atoms with van der Waals surface area (Å²) in [5.74, 6) is 0.322. The van der Waals surface area contributed by atoms with Crippen LogP contribution in [0.2, 0.25) is 0 Å². The summed E-state index contributed by atoms with van der Waals surface area (Å²) in [5.41, 5.74) is 5.73. The second-order valence-electron chi connectivity index (χ2n) is 4.94. The van der Waals surface area contributed by atoms with Crippen LogP contribution < -0.4 is 5.73 Å². The van der Waals surface area contributed by atoms with E-state index in [4.69, 9.17) is 15.7 Å². The molecule has 0 spiro atoms. The van der Waals surface area contributed by atoms with Gasteiger partial charge in [-0.15, -0.1) is 0 Å². The molecule has 1 unspecified atom stereocenters. The predicted molar refractivity (Wildman–Crippen MR) is 76.6 cm³/mol.